The Morgan fingerprint density at radius 3 is 2.94 bits per heavy atom. The van der Waals surface area contributed by atoms with Gasteiger partial charge in [-0.1, -0.05) is 11.6 Å². The third kappa shape index (κ3) is 2.70. The maximum Gasteiger partial charge on any atom is 0.0596 e. The van der Waals surface area contributed by atoms with Crippen LogP contribution in [0.15, 0.2) is 17.5 Å². The molecule has 0 fully saturated rings. The molecule has 1 atom stereocenters. The molecule has 0 aromatic carbocycles. The molecule has 5 heteroatoms. The van der Waals surface area contributed by atoms with Gasteiger partial charge in [-0.3, -0.25) is 4.68 Å². The van der Waals surface area contributed by atoms with Crippen LogP contribution in [0, 0.1) is 6.92 Å². The highest BCUT2D eigenvalue weighted by Crippen LogP contribution is 2.29. The van der Waals surface area contributed by atoms with Gasteiger partial charge in [-0.05, 0) is 31.4 Å². The van der Waals surface area contributed by atoms with Crippen LogP contribution in [0.4, 0.5) is 0 Å². The fourth-order valence-corrected chi connectivity index (χ4v) is 3.13. The summed E-state index contributed by atoms with van der Waals surface area (Å²) in [6.07, 6.45) is 0.773. The highest BCUT2D eigenvalue weighted by atomic mass is 35.5. The van der Waals surface area contributed by atoms with Crippen molar-refractivity contribution in [2.45, 2.75) is 32.9 Å². The van der Waals surface area contributed by atoms with Crippen molar-refractivity contribution in [3.05, 3.63) is 38.8 Å². The van der Waals surface area contributed by atoms with E-state index in [1.807, 2.05) is 23.1 Å². The largest absolute Gasteiger partial charge is 0.323 e. The van der Waals surface area contributed by atoms with Crippen LogP contribution in [0.2, 0.25) is 5.02 Å². The van der Waals surface area contributed by atoms with Crippen LogP contribution < -0.4 is 5.73 Å². The number of hydrogen-bond donors (Lipinski definition) is 1. The monoisotopic (exact) mass is 269 g/mol. The summed E-state index contributed by atoms with van der Waals surface area (Å²) in [6.45, 7) is 4.95. The quantitative estimate of drug-likeness (QED) is 0.927. The molecule has 1 unspecified atom stereocenters. The number of nitrogens with two attached hydrogens (primary N) is 1. The highest BCUT2D eigenvalue weighted by Gasteiger charge is 2.15. The molecule has 2 heterocycles. The predicted molar refractivity (Wildman–Crippen MR) is 72.6 cm³/mol. The Hall–Kier alpha value is -0.840. The lowest BCUT2D eigenvalue weighted by Gasteiger charge is -2.11. The Morgan fingerprint density at radius 2 is 2.35 bits per heavy atom. The van der Waals surface area contributed by atoms with Gasteiger partial charge in [0.1, 0.15) is 0 Å². The average Bonchev–Trinajstić information content (AvgIpc) is 2.84. The van der Waals surface area contributed by atoms with E-state index in [-0.39, 0.29) is 6.04 Å². The molecule has 92 valence electrons. The molecule has 0 amide bonds. The Labute approximate surface area is 110 Å². The molecule has 17 heavy (non-hydrogen) atoms. The second-order valence-corrected chi connectivity index (χ2v) is 5.39. The van der Waals surface area contributed by atoms with Crippen molar-refractivity contribution < 1.29 is 0 Å². The van der Waals surface area contributed by atoms with Crippen molar-refractivity contribution in [1.82, 2.24) is 9.78 Å². The number of aryl methyl sites for hydroxylation is 2. The molecule has 3 nitrogen and oxygen atoms in total. The molecule has 2 aromatic rings. The number of nitrogens with zero attached hydrogens (tertiary/aromatic N) is 2. The van der Waals surface area contributed by atoms with Gasteiger partial charge in [-0.2, -0.15) is 5.10 Å². The minimum atomic E-state index is -0.0519. The van der Waals surface area contributed by atoms with Crippen LogP contribution in [-0.4, -0.2) is 9.78 Å². The van der Waals surface area contributed by atoms with Crippen molar-refractivity contribution in [2.24, 2.45) is 5.73 Å². The number of rotatable bonds is 4. The van der Waals surface area contributed by atoms with E-state index in [1.54, 1.807) is 11.3 Å². The molecule has 0 aliphatic heterocycles. The summed E-state index contributed by atoms with van der Waals surface area (Å²) < 4.78 is 2.00. The van der Waals surface area contributed by atoms with Gasteiger partial charge in [-0.15, -0.1) is 11.3 Å². The smallest absolute Gasteiger partial charge is 0.0596 e. The fraction of sp³-hybridized carbons (Fsp3) is 0.417. The fourth-order valence-electron chi connectivity index (χ4n) is 1.93. The van der Waals surface area contributed by atoms with Crippen LogP contribution >= 0.6 is 22.9 Å². The van der Waals surface area contributed by atoms with E-state index in [1.165, 1.54) is 5.69 Å². The molecule has 0 saturated heterocycles. The topological polar surface area (TPSA) is 43.8 Å². The van der Waals surface area contributed by atoms with Gasteiger partial charge in [0.15, 0.2) is 0 Å². The van der Waals surface area contributed by atoms with Gasteiger partial charge in [0.25, 0.3) is 0 Å². The first-order valence-corrected chi connectivity index (χ1v) is 6.89. The summed E-state index contributed by atoms with van der Waals surface area (Å²) in [5.41, 5.74) is 8.39. The van der Waals surface area contributed by atoms with Crippen molar-refractivity contribution >= 4 is 22.9 Å². The Morgan fingerprint density at radius 1 is 1.59 bits per heavy atom. The van der Waals surface area contributed by atoms with E-state index in [4.69, 9.17) is 17.3 Å². The second-order valence-electron chi connectivity index (χ2n) is 4.04. The molecule has 2 N–H and O–H groups in total. The van der Waals surface area contributed by atoms with Crippen molar-refractivity contribution in [2.75, 3.05) is 0 Å². The minimum absolute atomic E-state index is 0.0519. The number of aromatic nitrogens is 2. The molecule has 2 rings (SSSR count). The number of halogens is 1. The van der Waals surface area contributed by atoms with Gasteiger partial charge in [-0.25, -0.2) is 0 Å². The molecule has 0 radical (unpaired) electrons. The number of thiophene rings is 1. The van der Waals surface area contributed by atoms with Crippen LogP contribution in [0.1, 0.15) is 29.2 Å². The molecular formula is C12H16ClN3S. The highest BCUT2D eigenvalue weighted by molar-refractivity contribution is 7.10. The Bertz CT molecular complexity index is 504. The van der Waals surface area contributed by atoms with Crippen molar-refractivity contribution in [3.63, 3.8) is 0 Å². The van der Waals surface area contributed by atoms with Gasteiger partial charge in [0, 0.05) is 29.6 Å². The zero-order valence-electron chi connectivity index (χ0n) is 9.98. The van der Waals surface area contributed by atoms with Crippen LogP contribution in [0.25, 0.3) is 0 Å². The van der Waals surface area contributed by atoms with Crippen molar-refractivity contribution in [3.8, 4) is 0 Å². The second kappa shape index (κ2) is 5.21. The number of hydrogen-bond acceptors (Lipinski definition) is 3. The molecular weight excluding hydrogens is 254 g/mol. The molecule has 0 spiro atoms. The lowest BCUT2D eigenvalue weighted by Crippen LogP contribution is -2.15. The van der Waals surface area contributed by atoms with E-state index in [9.17, 15) is 0 Å². The summed E-state index contributed by atoms with van der Waals surface area (Å²) in [5.74, 6) is 0. The summed E-state index contributed by atoms with van der Waals surface area (Å²) in [5, 5.41) is 7.16. The molecule has 0 saturated carbocycles. The van der Waals surface area contributed by atoms with Crippen LogP contribution in [0.5, 0.6) is 0 Å². The van der Waals surface area contributed by atoms with E-state index < -0.39 is 0 Å². The molecule has 0 bridgehead atoms. The van der Waals surface area contributed by atoms with Crippen LogP contribution in [0.3, 0.4) is 0 Å². The SMILES string of the molecule is CCn1nc(C)cc1CC(N)c1sccc1Cl. The molecule has 0 aliphatic rings. The third-order valence-corrected chi connectivity index (χ3v) is 4.19. The standard InChI is InChI=1S/C12H16ClN3S/c1-3-16-9(6-8(2)15-16)7-11(14)12-10(13)4-5-17-12/h4-6,11H,3,7,14H2,1-2H3. The van der Waals surface area contributed by atoms with Crippen LogP contribution in [-0.2, 0) is 13.0 Å². The average molecular weight is 270 g/mol. The Balaban J connectivity index is 2.18. The lowest BCUT2D eigenvalue weighted by molar-refractivity contribution is 0.590. The van der Waals surface area contributed by atoms with Crippen molar-refractivity contribution in [1.29, 1.82) is 0 Å². The summed E-state index contributed by atoms with van der Waals surface area (Å²) in [6, 6.07) is 3.93. The van der Waals surface area contributed by atoms with E-state index in [0.29, 0.717) is 0 Å². The maximum atomic E-state index is 6.19. The zero-order chi connectivity index (χ0) is 12.4. The minimum Gasteiger partial charge on any atom is -0.323 e. The normalized spacial score (nSPS) is 12.9. The first-order chi connectivity index (χ1) is 8.11. The first kappa shape index (κ1) is 12.6. The molecule has 2 aromatic heterocycles. The lowest BCUT2D eigenvalue weighted by atomic mass is 10.1. The summed E-state index contributed by atoms with van der Waals surface area (Å²) in [4.78, 5) is 1.05. The van der Waals surface area contributed by atoms with E-state index >= 15 is 0 Å². The van der Waals surface area contributed by atoms with Gasteiger partial charge in [0.2, 0.25) is 0 Å². The zero-order valence-corrected chi connectivity index (χ0v) is 11.6. The molecule has 0 aliphatic carbocycles. The first-order valence-electron chi connectivity index (χ1n) is 5.63. The maximum absolute atomic E-state index is 6.19. The summed E-state index contributed by atoms with van der Waals surface area (Å²) >= 11 is 7.70. The third-order valence-electron chi connectivity index (χ3n) is 2.70. The predicted octanol–water partition coefficient (Wildman–Crippen LogP) is 3.17. The summed E-state index contributed by atoms with van der Waals surface area (Å²) in [7, 11) is 0. The van der Waals surface area contributed by atoms with Gasteiger partial charge >= 0.3 is 0 Å². The van der Waals surface area contributed by atoms with E-state index in [0.717, 1.165) is 28.6 Å². The van der Waals surface area contributed by atoms with Gasteiger partial charge in [0.05, 0.1) is 10.7 Å². The van der Waals surface area contributed by atoms with Gasteiger partial charge < -0.3 is 5.73 Å². The van der Waals surface area contributed by atoms with E-state index in [2.05, 4.69) is 18.1 Å². The Kier molecular flexibility index (Phi) is 3.86.